The summed E-state index contributed by atoms with van der Waals surface area (Å²) >= 11 is 0. The third-order valence-electron chi connectivity index (χ3n) is 3.41. The lowest BCUT2D eigenvalue weighted by molar-refractivity contribution is -0.122. The van der Waals surface area contributed by atoms with Gasteiger partial charge >= 0.3 is 0 Å². The summed E-state index contributed by atoms with van der Waals surface area (Å²) in [5, 5.41) is 7.04. The smallest absolute Gasteiger partial charge is 0.234 e. The maximum absolute atomic E-state index is 11.7. The number of benzene rings is 1. The summed E-state index contributed by atoms with van der Waals surface area (Å²) in [6.07, 6.45) is 2.22. The fraction of sp³-hybridized carbons (Fsp3) is 0.375. The first-order chi connectivity index (χ1) is 10.2. The maximum atomic E-state index is 11.7. The molecular formula is C16H19N3O2. The third kappa shape index (κ3) is 3.92. The van der Waals surface area contributed by atoms with Gasteiger partial charge in [0.2, 0.25) is 5.91 Å². The molecule has 1 saturated carbocycles. The van der Waals surface area contributed by atoms with E-state index < -0.39 is 0 Å². The number of aromatic nitrogens is 1. The number of rotatable bonds is 6. The van der Waals surface area contributed by atoms with Gasteiger partial charge in [-0.05, 0) is 19.9 Å². The molecule has 21 heavy (non-hydrogen) atoms. The molecule has 3 rings (SSSR count). The fourth-order valence-corrected chi connectivity index (χ4v) is 2.20. The first kappa shape index (κ1) is 13.8. The number of likely N-dealkylation sites (N-methyl/N-ethyl adjacent to an activating group) is 1. The van der Waals surface area contributed by atoms with Crippen LogP contribution < -0.4 is 5.32 Å². The van der Waals surface area contributed by atoms with E-state index in [1.54, 1.807) is 0 Å². The van der Waals surface area contributed by atoms with Gasteiger partial charge in [-0.1, -0.05) is 35.5 Å². The van der Waals surface area contributed by atoms with Crippen LogP contribution in [0.5, 0.6) is 0 Å². The molecule has 0 radical (unpaired) electrons. The molecule has 5 nitrogen and oxygen atoms in total. The Morgan fingerprint density at radius 2 is 2.14 bits per heavy atom. The number of nitrogens with zero attached hydrogens (tertiary/aromatic N) is 2. The summed E-state index contributed by atoms with van der Waals surface area (Å²) in [5.74, 6) is 0.827. The minimum atomic E-state index is 0.0757. The third-order valence-corrected chi connectivity index (χ3v) is 3.41. The van der Waals surface area contributed by atoms with Crippen LogP contribution in [0.4, 0.5) is 0 Å². The topological polar surface area (TPSA) is 58.4 Å². The highest BCUT2D eigenvalue weighted by molar-refractivity contribution is 5.78. The van der Waals surface area contributed by atoms with Gasteiger partial charge < -0.3 is 9.84 Å². The van der Waals surface area contributed by atoms with Crippen LogP contribution in [-0.4, -0.2) is 35.6 Å². The second-order valence-electron chi connectivity index (χ2n) is 5.56. The quantitative estimate of drug-likeness (QED) is 0.882. The van der Waals surface area contributed by atoms with Crippen molar-refractivity contribution in [1.82, 2.24) is 15.4 Å². The van der Waals surface area contributed by atoms with E-state index in [4.69, 9.17) is 4.52 Å². The standard InChI is InChI=1S/C16H19N3O2/c1-19(11-16(20)17-13-7-8-13)10-14-9-15(21-18-14)12-5-3-2-4-6-12/h2-6,9,13H,7-8,10-11H2,1H3,(H,17,20). The first-order valence-electron chi connectivity index (χ1n) is 7.19. The Balaban J connectivity index is 1.55. The summed E-state index contributed by atoms with van der Waals surface area (Å²) in [6, 6.07) is 12.2. The number of carbonyl (C=O) groups is 1. The Hall–Kier alpha value is -2.14. The lowest BCUT2D eigenvalue weighted by atomic mass is 10.1. The molecular weight excluding hydrogens is 266 g/mol. The van der Waals surface area contributed by atoms with Gasteiger partial charge in [0.15, 0.2) is 5.76 Å². The van der Waals surface area contributed by atoms with Gasteiger partial charge in [-0.2, -0.15) is 0 Å². The van der Waals surface area contributed by atoms with E-state index in [2.05, 4.69) is 10.5 Å². The van der Waals surface area contributed by atoms with Crippen molar-refractivity contribution in [3.8, 4) is 11.3 Å². The SMILES string of the molecule is CN(CC(=O)NC1CC1)Cc1cc(-c2ccccc2)on1. The predicted molar refractivity (Wildman–Crippen MR) is 79.4 cm³/mol. The van der Waals surface area contributed by atoms with Crippen LogP contribution in [0.15, 0.2) is 40.9 Å². The minimum absolute atomic E-state index is 0.0757. The summed E-state index contributed by atoms with van der Waals surface area (Å²) in [7, 11) is 1.91. The Bertz CT molecular complexity index is 605. The molecule has 2 aromatic rings. The largest absolute Gasteiger partial charge is 0.356 e. The molecule has 0 spiro atoms. The van der Waals surface area contributed by atoms with Crippen molar-refractivity contribution in [2.45, 2.75) is 25.4 Å². The Morgan fingerprint density at radius 1 is 1.38 bits per heavy atom. The molecule has 0 bridgehead atoms. The van der Waals surface area contributed by atoms with Gasteiger partial charge in [-0.25, -0.2) is 0 Å². The van der Waals surface area contributed by atoms with Crippen LogP contribution >= 0.6 is 0 Å². The van der Waals surface area contributed by atoms with Crippen LogP contribution in [-0.2, 0) is 11.3 Å². The van der Waals surface area contributed by atoms with Gasteiger partial charge in [-0.3, -0.25) is 9.69 Å². The molecule has 1 fully saturated rings. The number of nitrogens with one attached hydrogen (secondary N) is 1. The van der Waals surface area contributed by atoms with Crippen molar-refractivity contribution in [3.05, 3.63) is 42.1 Å². The molecule has 1 aromatic heterocycles. The minimum Gasteiger partial charge on any atom is -0.356 e. The number of hydrogen-bond donors (Lipinski definition) is 1. The van der Waals surface area contributed by atoms with Crippen molar-refractivity contribution >= 4 is 5.91 Å². The monoisotopic (exact) mass is 285 g/mol. The van der Waals surface area contributed by atoms with E-state index in [-0.39, 0.29) is 5.91 Å². The molecule has 0 saturated heterocycles. The zero-order valence-corrected chi connectivity index (χ0v) is 12.1. The molecule has 1 N–H and O–H groups in total. The molecule has 1 aromatic carbocycles. The Labute approximate surface area is 123 Å². The number of carbonyl (C=O) groups excluding carboxylic acids is 1. The zero-order valence-electron chi connectivity index (χ0n) is 12.1. The second kappa shape index (κ2) is 6.10. The molecule has 1 aliphatic carbocycles. The second-order valence-corrected chi connectivity index (χ2v) is 5.56. The van der Waals surface area contributed by atoms with Crippen molar-refractivity contribution in [1.29, 1.82) is 0 Å². The van der Waals surface area contributed by atoms with Gasteiger partial charge in [0, 0.05) is 24.2 Å². The molecule has 0 atom stereocenters. The van der Waals surface area contributed by atoms with Crippen molar-refractivity contribution in [2.24, 2.45) is 0 Å². The van der Waals surface area contributed by atoms with Gasteiger partial charge in [0.1, 0.15) is 0 Å². The van der Waals surface area contributed by atoms with Crippen LogP contribution in [0.3, 0.4) is 0 Å². The number of amides is 1. The van der Waals surface area contributed by atoms with Crippen molar-refractivity contribution in [2.75, 3.05) is 13.6 Å². The molecule has 1 aliphatic rings. The predicted octanol–water partition coefficient (Wildman–Crippen LogP) is 2.05. The van der Waals surface area contributed by atoms with Crippen LogP contribution in [0.1, 0.15) is 18.5 Å². The first-order valence-corrected chi connectivity index (χ1v) is 7.19. The number of hydrogen-bond acceptors (Lipinski definition) is 4. The Kier molecular flexibility index (Phi) is 4.01. The molecule has 1 heterocycles. The summed E-state index contributed by atoms with van der Waals surface area (Å²) in [6.45, 7) is 0.971. The van der Waals surface area contributed by atoms with E-state index in [0.717, 1.165) is 29.9 Å². The lowest BCUT2D eigenvalue weighted by Crippen LogP contribution is -2.35. The fourth-order valence-electron chi connectivity index (χ4n) is 2.20. The summed E-state index contributed by atoms with van der Waals surface area (Å²) < 4.78 is 5.35. The lowest BCUT2D eigenvalue weighted by Gasteiger charge is -2.14. The van der Waals surface area contributed by atoms with Gasteiger partial charge in [-0.15, -0.1) is 0 Å². The molecule has 5 heteroatoms. The average Bonchev–Trinajstić information content (AvgIpc) is 3.15. The Morgan fingerprint density at radius 3 is 2.86 bits per heavy atom. The van der Waals surface area contributed by atoms with E-state index in [0.29, 0.717) is 19.1 Å². The maximum Gasteiger partial charge on any atom is 0.234 e. The summed E-state index contributed by atoms with van der Waals surface area (Å²) in [5.41, 5.74) is 1.83. The van der Waals surface area contributed by atoms with Crippen LogP contribution in [0.25, 0.3) is 11.3 Å². The van der Waals surface area contributed by atoms with Crippen molar-refractivity contribution in [3.63, 3.8) is 0 Å². The highest BCUT2D eigenvalue weighted by atomic mass is 16.5. The van der Waals surface area contributed by atoms with Crippen molar-refractivity contribution < 1.29 is 9.32 Å². The normalized spacial score (nSPS) is 14.4. The van der Waals surface area contributed by atoms with Gasteiger partial charge in [0.05, 0.1) is 12.2 Å². The molecule has 0 aliphatic heterocycles. The van der Waals surface area contributed by atoms with Crippen LogP contribution in [0, 0.1) is 0 Å². The van der Waals surface area contributed by atoms with Gasteiger partial charge in [0.25, 0.3) is 0 Å². The highest BCUT2D eigenvalue weighted by Gasteiger charge is 2.23. The van der Waals surface area contributed by atoms with E-state index in [1.807, 2.05) is 48.3 Å². The average molecular weight is 285 g/mol. The van der Waals surface area contributed by atoms with E-state index in [1.165, 1.54) is 0 Å². The summed E-state index contributed by atoms with van der Waals surface area (Å²) in [4.78, 5) is 13.7. The highest BCUT2D eigenvalue weighted by Crippen LogP contribution is 2.20. The van der Waals surface area contributed by atoms with E-state index >= 15 is 0 Å². The molecule has 0 unspecified atom stereocenters. The molecule has 110 valence electrons. The van der Waals surface area contributed by atoms with Crippen LogP contribution in [0.2, 0.25) is 0 Å². The van der Waals surface area contributed by atoms with E-state index in [9.17, 15) is 4.79 Å². The molecule has 1 amide bonds. The zero-order chi connectivity index (χ0) is 14.7.